The summed E-state index contributed by atoms with van der Waals surface area (Å²) in [6.07, 6.45) is 1.49. The summed E-state index contributed by atoms with van der Waals surface area (Å²) in [7, 11) is 0. The maximum Gasteiger partial charge on any atom is 0.0948 e. The largest absolute Gasteiger partial charge is 0.378 e. The Hall–Kier alpha value is 0.650. The van der Waals surface area contributed by atoms with E-state index in [-0.39, 0.29) is 0 Å². The van der Waals surface area contributed by atoms with E-state index in [1.165, 1.54) is 0 Å². The van der Waals surface area contributed by atoms with E-state index < -0.39 is 0 Å². The van der Waals surface area contributed by atoms with Gasteiger partial charge in [0.05, 0.1) is 23.2 Å². The first-order chi connectivity index (χ1) is 5.70. The van der Waals surface area contributed by atoms with Crippen LogP contribution < -0.4 is 0 Å². The molecular formula is C9H17IO2. The number of ether oxygens (including phenoxy) is 2. The van der Waals surface area contributed by atoms with Crippen molar-refractivity contribution in [3.05, 3.63) is 0 Å². The van der Waals surface area contributed by atoms with Gasteiger partial charge in [-0.2, -0.15) is 0 Å². The summed E-state index contributed by atoms with van der Waals surface area (Å²) >= 11 is 2.40. The van der Waals surface area contributed by atoms with Crippen LogP contribution in [0.15, 0.2) is 0 Å². The van der Waals surface area contributed by atoms with E-state index in [9.17, 15) is 0 Å². The predicted molar refractivity (Wildman–Crippen MR) is 57.8 cm³/mol. The first kappa shape index (κ1) is 10.7. The highest BCUT2D eigenvalue weighted by Gasteiger charge is 2.26. The SMILES string of the molecule is CC(C)CCOC1COCC1I. The lowest BCUT2D eigenvalue weighted by molar-refractivity contribution is 0.0399. The Kier molecular flexibility index (Phi) is 4.82. The molecule has 1 fully saturated rings. The van der Waals surface area contributed by atoms with Crippen LogP contribution in [-0.2, 0) is 9.47 Å². The summed E-state index contributed by atoms with van der Waals surface area (Å²) in [6.45, 7) is 6.95. The van der Waals surface area contributed by atoms with Crippen LogP contribution in [0.3, 0.4) is 0 Å². The molecule has 3 heteroatoms. The van der Waals surface area contributed by atoms with Crippen molar-refractivity contribution in [2.24, 2.45) is 5.92 Å². The maximum atomic E-state index is 5.69. The van der Waals surface area contributed by atoms with Gasteiger partial charge in [0.15, 0.2) is 0 Å². The molecule has 2 unspecified atom stereocenters. The molecule has 0 radical (unpaired) electrons. The number of hydrogen-bond donors (Lipinski definition) is 0. The highest BCUT2D eigenvalue weighted by Crippen LogP contribution is 2.18. The fraction of sp³-hybridized carbons (Fsp3) is 1.00. The van der Waals surface area contributed by atoms with Gasteiger partial charge in [0.1, 0.15) is 0 Å². The van der Waals surface area contributed by atoms with Crippen LogP contribution >= 0.6 is 22.6 Å². The summed E-state index contributed by atoms with van der Waals surface area (Å²) in [5.74, 6) is 0.736. The molecule has 1 saturated heterocycles. The minimum atomic E-state index is 0.337. The summed E-state index contributed by atoms with van der Waals surface area (Å²) in [5.41, 5.74) is 0. The average Bonchev–Trinajstić information content (AvgIpc) is 2.36. The molecule has 0 saturated carbocycles. The minimum Gasteiger partial charge on any atom is -0.378 e. The third kappa shape index (κ3) is 3.58. The van der Waals surface area contributed by atoms with Gasteiger partial charge < -0.3 is 9.47 Å². The fourth-order valence-electron chi connectivity index (χ4n) is 1.12. The van der Waals surface area contributed by atoms with Crippen molar-refractivity contribution in [3.8, 4) is 0 Å². The lowest BCUT2D eigenvalue weighted by Crippen LogP contribution is -2.22. The van der Waals surface area contributed by atoms with Crippen molar-refractivity contribution >= 4 is 22.6 Å². The maximum absolute atomic E-state index is 5.69. The van der Waals surface area contributed by atoms with Crippen LogP contribution in [0.4, 0.5) is 0 Å². The molecule has 1 heterocycles. The standard InChI is InChI=1S/C9H17IO2/c1-7(2)3-4-12-9-6-11-5-8(9)10/h7-9H,3-6H2,1-2H3. The van der Waals surface area contributed by atoms with Crippen LogP contribution in [0.1, 0.15) is 20.3 Å². The zero-order valence-corrected chi connectivity index (χ0v) is 9.91. The van der Waals surface area contributed by atoms with E-state index in [1.807, 2.05) is 0 Å². The zero-order valence-electron chi connectivity index (χ0n) is 7.75. The molecule has 72 valence electrons. The Labute approximate surface area is 88.1 Å². The molecule has 0 aromatic rings. The van der Waals surface area contributed by atoms with Gasteiger partial charge in [-0.15, -0.1) is 0 Å². The number of alkyl halides is 1. The molecule has 0 N–H and O–H groups in total. The molecule has 2 nitrogen and oxygen atoms in total. The Balaban J connectivity index is 2.06. The van der Waals surface area contributed by atoms with Gasteiger partial charge in [-0.05, 0) is 12.3 Å². The van der Waals surface area contributed by atoms with Gasteiger partial charge in [0, 0.05) is 6.61 Å². The minimum absolute atomic E-state index is 0.337. The third-order valence-electron chi connectivity index (χ3n) is 1.99. The number of rotatable bonds is 4. The lowest BCUT2D eigenvalue weighted by Gasteiger charge is -2.14. The van der Waals surface area contributed by atoms with Gasteiger partial charge in [-0.3, -0.25) is 0 Å². The van der Waals surface area contributed by atoms with Gasteiger partial charge >= 0.3 is 0 Å². The molecule has 2 atom stereocenters. The van der Waals surface area contributed by atoms with Crippen LogP contribution in [-0.4, -0.2) is 29.8 Å². The van der Waals surface area contributed by atoms with Crippen molar-refractivity contribution in [2.45, 2.75) is 30.3 Å². The van der Waals surface area contributed by atoms with Crippen LogP contribution in [0.5, 0.6) is 0 Å². The molecule has 0 spiro atoms. The van der Waals surface area contributed by atoms with Gasteiger partial charge in [0.25, 0.3) is 0 Å². The van der Waals surface area contributed by atoms with Gasteiger partial charge in [-0.1, -0.05) is 36.4 Å². The highest BCUT2D eigenvalue weighted by atomic mass is 127. The van der Waals surface area contributed by atoms with E-state index in [0.29, 0.717) is 10.0 Å². The second kappa shape index (κ2) is 5.40. The topological polar surface area (TPSA) is 18.5 Å². The third-order valence-corrected chi connectivity index (χ3v) is 3.15. The molecule has 0 aromatic carbocycles. The van der Waals surface area contributed by atoms with E-state index in [4.69, 9.17) is 9.47 Å². The zero-order chi connectivity index (χ0) is 8.97. The van der Waals surface area contributed by atoms with E-state index in [1.54, 1.807) is 0 Å². The quantitative estimate of drug-likeness (QED) is 0.582. The van der Waals surface area contributed by atoms with Crippen molar-refractivity contribution in [1.29, 1.82) is 0 Å². The Morgan fingerprint density at radius 3 is 2.75 bits per heavy atom. The predicted octanol–water partition coefficient (Wildman–Crippen LogP) is 2.25. The monoisotopic (exact) mass is 284 g/mol. The molecule has 1 aliphatic heterocycles. The highest BCUT2D eigenvalue weighted by molar-refractivity contribution is 14.1. The first-order valence-electron chi connectivity index (χ1n) is 4.53. The van der Waals surface area contributed by atoms with Crippen molar-refractivity contribution < 1.29 is 9.47 Å². The summed E-state index contributed by atoms with van der Waals surface area (Å²) in [5, 5.41) is 0. The second-order valence-corrected chi connectivity index (χ2v) is 5.25. The molecule has 1 aliphatic rings. The molecular weight excluding hydrogens is 267 g/mol. The summed E-state index contributed by atoms with van der Waals surface area (Å²) in [6, 6.07) is 0. The molecule has 0 aliphatic carbocycles. The molecule has 0 aromatic heterocycles. The van der Waals surface area contributed by atoms with Crippen molar-refractivity contribution in [3.63, 3.8) is 0 Å². The second-order valence-electron chi connectivity index (χ2n) is 3.65. The lowest BCUT2D eigenvalue weighted by atomic mass is 10.1. The van der Waals surface area contributed by atoms with E-state index in [2.05, 4.69) is 36.4 Å². The Bertz CT molecular complexity index is 128. The molecule has 12 heavy (non-hydrogen) atoms. The molecule has 0 amide bonds. The van der Waals surface area contributed by atoms with E-state index >= 15 is 0 Å². The van der Waals surface area contributed by atoms with Crippen molar-refractivity contribution in [1.82, 2.24) is 0 Å². The number of halogens is 1. The first-order valence-corrected chi connectivity index (χ1v) is 5.78. The molecule has 0 bridgehead atoms. The molecule has 1 rings (SSSR count). The smallest absolute Gasteiger partial charge is 0.0948 e. The van der Waals surface area contributed by atoms with Gasteiger partial charge in [0.2, 0.25) is 0 Å². The number of hydrogen-bond acceptors (Lipinski definition) is 2. The Morgan fingerprint density at radius 2 is 2.25 bits per heavy atom. The van der Waals surface area contributed by atoms with Crippen molar-refractivity contribution in [2.75, 3.05) is 19.8 Å². The summed E-state index contributed by atoms with van der Waals surface area (Å²) in [4.78, 5) is 0. The summed E-state index contributed by atoms with van der Waals surface area (Å²) < 4.78 is 11.5. The van der Waals surface area contributed by atoms with Crippen LogP contribution in [0.2, 0.25) is 0 Å². The Morgan fingerprint density at radius 1 is 1.50 bits per heavy atom. The van der Waals surface area contributed by atoms with Gasteiger partial charge in [-0.25, -0.2) is 0 Å². The van der Waals surface area contributed by atoms with E-state index in [0.717, 1.165) is 32.2 Å². The average molecular weight is 284 g/mol. The van der Waals surface area contributed by atoms with Crippen LogP contribution in [0.25, 0.3) is 0 Å². The van der Waals surface area contributed by atoms with Crippen LogP contribution in [0, 0.1) is 5.92 Å². The normalized spacial score (nSPS) is 30.0. The fourth-order valence-corrected chi connectivity index (χ4v) is 1.79.